The SMILES string of the molecule is CCC(N)Cc1cc(C)ccc1N(C)C1CCCC(C)C1. The van der Waals surface area contributed by atoms with E-state index >= 15 is 0 Å². The summed E-state index contributed by atoms with van der Waals surface area (Å²) in [6.07, 6.45) is 7.44. The second-order valence-corrected chi connectivity index (χ2v) is 7.04. The number of hydrogen-bond donors (Lipinski definition) is 1. The first kappa shape index (κ1) is 16.4. The highest BCUT2D eigenvalue weighted by atomic mass is 15.1. The van der Waals surface area contributed by atoms with Gasteiger partial charge in [0.2, 0.25) is 0 Å². The van der Waals surface area contributed by atoms with Gasteiger partial charge in [-0.15, -0.1) is 0 Å². The molecule has 0 spiro atoms. The Hall–Kier alpha value is -1.02. The Bertz CT molecular complexity index is 455. The summed E-state index contributed by atoms with van der Waals surface area (Å²) < 4.78 is 0. The van der Waals surface area contributed by atoms with Crippen molar-refractivity contribution in [3.63, 3.8) is 0 Å². The van der Waals surface area contributed by atoms with Crippen LogP contribution < -0.4 is 10.6 Å². The zero-order valence-corrected chi connectivity index (χ0v) is 14.2. The summed E-state index contributed by atoms with van der Waals surface area (Å²) in [5.41, 5.74) is 10.4. The largest absolute Gasteiger partial charge is 0.371 e. The van der Waals surface area contributed by atoms with Gasteiger partial charge < -0.3 is 10.6 Å². The third-order valence-electron chi connectivity index (χ3n) is 5.08. The Morgan fingerprint density at radius 3 is 2.76 bits per heavy atom. The number of aryl methyl sites for hydroxylation is 1. The summed E-state index contributed by atoms with van der Waals surface area (Å²) >= 11 is 0. The molecule has 0 aromatic heterocycles. The zero-order chi connectivity index (χ0) is 15.4. The number of hydrogen-bond acceptors (Lipinski definition) is 2. The monoisotopic (exact) mass is 288 g/mol. The molecule has 2 heteroatoms. The first-order chi connectivity index (χ1) is 10.0. The van der Waals surface area contributed by atoms with Gasteiger partial charge in [0.25, 0.3) is 0 Å². The minimum Gasteiger partial charge on any atom is -0.371 e. The van der Waals surface area contributed by atoms with Gasteiger partial charge in [-0.25, -0.2) is 0 Å². The van der Waals surface area contributed by atoms with Crippen LogP contribution in [0, 0.1) is 12.8 Å². The van der Waals surface area contributed by atoms with Crippen molar-refractivity contribution in [2.45, 2.75) is 71.4 Å². The minimum atomic E-state index is 0.268. The molecule has 118 valence electrons. The molecule has 2 N–H and O–H groups in total. The predicted octanol–water partition coefficient (Wildman–Crippen LogP) is 4.29. The molecule has 0 radical (unpaired) electrons. The highest BCUT2D eigenvalue weighted by molar-refractivity contribution is 5.55. The lowest BCUT2D eigenvalue weighted by Gasteiger charge is -2.37. The van der Waals surface area contributed by atoms with E-state index in [4.69, 9.17) is 5.73 Å². The molecule has 2 nitrogen and oxygen atoms in total. The summed E-state index contributed by atoms with van der Waals surface area (Å²) in [4.78, 5) is 2.52. The van der Waals surface area contributed by atoms with Gasteiger partial charge >= 0.3 is 0 Å². The Kier molecular flexibility index (Phi) is 5.69. The first-order valence-electron chi connectivity index (χ1n) is 8.59. The maximum atomic E-state index is 6.21. The van der Waals surface area contributed by atoms with Gasteiger partial charge in [-0.3, -0.25) is 0 Å². The van der Waals surface area contributed by atoms with Crippen LogP contribution in [0.15, 0.2) is 18.2 Å². The van der Waals surface area contributed by atoms with Gasteiger partial charge in [-0.05, 0) is 50.2 Å². The molecular weight excluding hydrogens is 256 g/mol. The van der Waals surface area contributed by atoms with Gasteiger partial charge in [0.1, 0.15) is 0 Å². The molecule has 1 aromatic carbocycles. The number of benzene rings is 1. The van der Waals surface area contributed by atoms with Crippen LogP contribution in [0.3, 0.4) is 0 Å². The summed E-state index contributed by atoms with van der Waals surface area (Å²) in [7, 11) is 2.27. The number of nitrogens with two attached hydrogens (primary N) is 1. The Labute approximate surface area is 130 Å². The molecular formula is C19H32N2. The fraction of sp³-hybridized carbons (Fsp3) is 0.684. The van der Waals surface area contributed by atoms with E-state index in [9.17, 15) is 0 Å². The second-order valence-electron chi connectivity index (χ2n) is 7.04. The molecule has 1 fully saturated rings. The Morgan fingerprint density at radius 1 is 1.33 bits per heavy atom. The van der Waals surface area contributed by atoms with Crippen molar-refractivity contribution >= 4 is 5.69 Å². The molecule has 1 saturated carbocycles. The van der Waals surface area contributed by atoms with Gasteiger partial charge in [-0.1, -0.05) is 44.4 Å². The fourth-order valence-electron chi connectivity index (χ4n) is 3.60. The van der Waals surface area contributed by atoms with Crippen LogP contribution in [0.4, 0.5) is 5.69 Å². The van der Waals surface area contributed by atoms with Crippen molar-refractivity contribution in [3.8, 4) is 0 Å². The highest BCUT2D eigenvalue weighted by Gasteiger charge is 2.24. The van der Waals surface area contributed by atoms with Gasteiger partial charge in [0.05, 0.1) is 0 Å². The van der Waals surface area contributed by atoms with E-state index in [1.54, 1.807) is 0 Å². The topological polar surface area (TPSA) is 29.3 Å². The molecule has 1 aliphatic rings. The van der Waals surface area contributed by atoms with E-state index in [1.807, 2.05) is 0 Å². The average Bonchev–Trinajstić information content (AvgIpc) is 2.46. The van der Waals surface area contributed by atoms with Gasteiger partial charge in [0, 0.05) is 24.8 Å². The fourth-order valence-corrected chi connectivity index (χ4v) is 3.60. The molecule has 0 bridgehead atoms. The van der Waals surface area contributed by atoms with Crippen molar-refractivity contribution in [1.29, 1.82) is 0 Å². The first-order valence-corrected chi connectivity index (χ1v) is 8.59. The molecule has 0 heterocycles. The quantitative estimate of drug-likeness (QED) is 0.875. The van der Waals surface area contributed by atoms with E-state index in [1.165, 1.54) is 42.5 Å². The number of anilines is 1. The molecule has 3 unspecified atom stereocenters. The van der Waals surface area contributed by atoms with Gasteiger partial charge in [-0.2, -0.15) is 0 Å². The highest BCUT2D eigenvalue weighted by Crippen LogP contribution is 2.32. The maximum Gasteiger partial charge on any atom is 0.0399 e. The number of rotatable bonds is 5. The Morgan fingerprint density at radius 2 is 2.10 bits per heavy atom. The third kappa shape index (κ3) is 4.23. The number of nitrogens with zero attached hydrogens (tertiary/aromatic N) is 1. The lowest BCUT2D eigenvalue weighted by atomic mass is 9.86. The van der Waals surface area contributed by atoms with E-state index in [-0.39, 0.29) is 6.04 Å². The molecule has 0 saturated heterocycles. The van der Waals surface area contributed by atoms with Crippen LogP contribution in [-0.2, 0) is 6.42 Å². The molecule has 2 rings (SSSR count). The molecule has 1 aromatic rings. The second kappa shape index (κ2) is 7.31. The van der Waals surface area contributed by atoms with E-state index in [0.29, 0.717) is 6.04 Å². The lowest BCUT2D eigenvalue weighted by Crippen LogP contribution is -2.36. The van der Waals surface area contributed by atoms with Crippen LogP contribution in [0.25, 0.3) is 0 Å². The molecule has 0 aliphatic heterocycles. The minimum absolute atomic E-state index is 0.268. The average molecular weight is 288 g/mol. The summed E-state index contributed by atoms with van der Waals surface area (Å²) in [5.74, 6) is 0.859. The standard InChI is InChI=1S/C19H32N2/c1-5-17(20)13-16-11-15(3)9-10-19(16)21(4)18-8-6-7-14(2)12-18/h9-11,14,17-18H,5-8,12-13,20H2,1-4H3. The van der Waals surface area contributed by atoms with E-state index < -0.39 is 0 Å². The predicted molar refractivity (Wildman–Crippen MR) is 93.0 cm³/mol. The summed E-state index contributed by atoms with van der Waals surface area (Å²) in [6, 6.07) is 7.82. The molecule has 1 aliphatic carbocycles. The summed E-state index contributed by atoms with van der Waals surface area (Å²) in [5, 5.41) is 0. The van der Waals surface area contributed by atoms with Crippen LogP contribution >= 0.6 is 0 Å². The van der Waals surface area contributed by atoms with Gasteiger partial charge in [0.15, 0.2) is 0 Å². The maximum absolute atomic E-state index is 6.21. The lowest BCUT2D eigenvalue weighted by molar-refractivity contribution is 0.336. The zero-order valence-electron chi connectivity index (χ0n) is 14.2. The van der Waals surface area contributed by atoms with Crippen LogP contribution in [0.1, 0.15) is 57.1 Å². The van der Waals surface area contributed by atoms with Crippen molar-refractivity contribution in [2.24, 2.45) is 11.7 Å². The Balaban J connectivity index is 2.20. The van der Waals surface area contributed by atoms with Crippen LogP contribution in [0.5, 0.6) is 0 Å². The normalized spacial score (nSPS) is 23.9. The van der Waals surface area contributed by atoms with Crippen LogP contribution in [-0.4, -0.2) is 19.1 Å². The van der Waals surface area contributed by atoms with Crippen molar-refractivity contribution in [1.82, 2.24) is 0 Å². The molecule has 21 heavy (non-hydrogen) atoms. The van der Waals surface area contributed by atoms with Crippen molar-refractivity contribution < 1.29 is 0 Å². The van der Waals surface area contributed by atoms with E-state index in [0.717, 1.165) is 18.8 Å². The molecule has 3 atom stereocenters. The summed E-state index contributed by atoms with van der Waals surface area (Å²) in [6.45, 7) is 6.74. The van der Waals surface area contributed by atoms with Crippen LogP contribution in [0.2, 0.25) is 0 Å². The third-order valence-corrected chi connectivity index (χ3v) is 5.08. The van der Waals surface area contributed by atoms with E-state index in [2.05, 4.69) is 50.9 Å². The van der Waals surface area contributed by atoms with Crippen molar-refractivity contribution in [2.75, 3.05) is 11.9 Å². The molecule has 0 amide bonds. The smallest absolute Gasteiger partial charge is 0.0399 e. The van der Waals surface area contributed by atoms with Crippen molar-refractivity contribution in [3.05, 3.63) is 29.3 Å².